The molecule has 0 unspecified atom stereocenters. The molecule has 0 aliphatic heterocycles. The Kier molecular flexibility index (Phi) is 2.91. The number of hydrogen-bond donors (Lipinski definition) is 1. The minimum Gasteiger partial charge on any atom is -0.501 e. The Bertz CT molecular complexity index is 394. The van der Waals surface area contributed by atoms with Crippen molar-refractivity contribution in [3.63, 3.8) is 0 Å². The van der Waals surface area contributed by atoms with Crippen molar-refractivity contribution in [3.05, 3.63) is 25.8 Å². The second-order valence-electron chi connectivity index (χ2n) is 2.09. The minimum atomic E-state index is -0.952. The lowest BCUT2D eigenvalue weighted by Gasteiger charge is -1.98. The van der Waals surface area contributed by atoms with E-state index in [1.807, 2.05) is 0 Å². The lowest BCUT2D eigenvalue weighted by molar-refractivity contribution is 0.0558. The molecule has 1 aromatic rings. The Morgan fingerprint density at radius 3 is 2.77 bits per heavy atom. The van der Waals surface area contributed by atoms with Crippen LogP contribution < -0.4 is 5.63 Å². The standard InChI is InChI=1S/C7H5IO5/c1-12-6(10)4-2-3(8)5(9)7(11)13-4/h2,9H,1H3. The van der Waals surface area contributed by atoms with Crippen LogP contribution in [-0.4, -0.2) is 18.2 Å². The fourth-order valence-electron chi connectivity index (χ4n) is 0.660. The first-order chi connectivity index (χ1) is 6.06. The molecule has 0 saturated heterocycles. The molecule has 13 heavy (non-hydrogen) atoms. The molecule has 0 aromatic carbocycles. The summed E-state index contributed by atoms with van der Waals surface area (Å²) in [6.45, 7) is 0. The van der Waals surface area contributed by atoms with Gasteiger partial charge in [-0.25, -0.2) is 9.59 Å². The van der Waals surface area contributed by atoms with Crippen LogP contribution in [0.5, 0.6) is 5.75 Å². The third kappa shape index (κ3) is 2.00. The van der Waals surface area contributed by atoms with Crippen LogP contribution in [0.25, 0.3) is 0 Å². The van der Waals surface area contributed by atoms with Gasteiger partial charge in [0, 0.05) is 6.07 Å². The van der Waals surface area contributed by atoms with Crippen LogP contribution in [0.2, 0.25) is 0 Å². The van der Waals surface area contributed by atoms with Crippen molar-refractivity contribution in [2.24, 2.45) is 0 Å². The van der Waals surface area contributed by atoms with Crippen LogP contribution in [0, 0.1) is 3.57 Å². The van der Waals surface area contributed by atoms with Gasteiger partial charge in [0.25, 0.3) is 0 Å². The molecule has 5 nitrogen and oxygen atoms in total. The average Bonchev–Trinajstić information content (AvgIpc) is 2.12. The third-order valence-corrected chi connectivity index (χ3v) is 2.09. The number of hydrogen-bond acceptors (Lipinski definition) is 5. The molecule has 0 aliphatic carbocycles. The van der Waals surface area contributed by atoms with E-state index in [1.54, 1.807) is 22.6 Å². The summed E-state index contributed by atoms with van der Waals surface area (Å²) in [7, 11) is 1.17. The first-order valence-electron chi connectivity index (χ1n) is 3.17. The van der Waals surface area contributed by atoms with Crippen molar-refractivity contribution in [2.45, 2.75) is 0 Å². The molecule has 0 saturated carbocycles. The van der Waals surface area contributed by atoms with Gasteiger partial charge in [-0.05, 0) is 22.6 Å². The fraction of sp³-hybridized carbons (Fsp3) is 0.143. The molecular formula is C7H5IO5. The smallest absolute Gasteiger partial charge is 0.380 e. The van der Waals surface area contributed by atoms with E-state index in [0.29, 0.717) is 0 Å². The second-order valence-corrected chi connectivity index (χ2v) is 3.25. The fourth-order valence-corrected chi connectivity index (χ4v) is 1.16. The van der Waals surface area contributed by atoms with E-state index in [4.69, 9.17) is 5.11 Å². The average molecular weight is 296 g/mol. The molecule has 0 spiro atoms. The van der Waals surface area contributed by atoms with Crippen LogP contribution in [0.4, 0.5) is 0 Å². The third-order valence-electron chi connectivity index (χ3n) is 1.27. The maximum absolute atomic E-state index is 10.9. The Labute approximate surface area is 86.5 Å². The zero-order chi connectivity index (χ0) is 10.0. The highest BCUT2D eigenvalue weighted by Crippen LogP contribution is 2.15. The first-order valence-corrected chi connectivity index (χ1v) is 4.25. The van der Waals surface area contributed by atoms with E-state index in [2.05, 4.69) is 9.15 Å². The summed E-state index contributed by atoms with van der Waals surface area (Å²) in [4.78, 5) is 21.7. The van der Waals surface area contributed by atoms with E-state index >= 15 is 0 Å². The van der Waals surface area contributed by atoms with E-state index in [9.17, 15) is 9.59 Å². The Balaban J connectivity index is 3.29. The van der Waals surface area contributed by atoms with Gasteiger partial charge in [0.2, 0.25) is 11.5 Å². The zero-order valence-corrected chi connectivity index (χ0v) is 8.69. The number of carbonyl (C=O) groups excluding carboxylic acids is 1. The van der Waals surface area contributed by atoms with Crippen LogP contribution in [0.15, 0.2) is 15.3 Å². The number of carbonyl (C=O) groups is 1. The molecule has 0 radical (unpaired) electrons. The van der Waals surface area contributed by atoms with Crippen molar-refractivity contribution in [1.29, 1.82) is 0 Å². The van der Waals surface area contributed by atoms with E-state index < -0.39 is 17.3 Å². The molecule has 1 N–H and O–H groups in total. The van der Waals surface area contributed by atoms with Gasteiger partial charge in [0.05, 0.1) is 10.7 Å². The molecule has 1 aromatic heterocycles. The number of halogens is 1. The monoisotopic (exact) mass is 296 g/mol. The van der Waals surface area contributed by atoms with Gasteiger partial charge >= 0.3 is 11.6 Å². The number of ether oxygens (including phenoxy) is 1. The van der Waals surface area contributed by atoms with Crippen LogP contribution in [0.3, 0.4) is 0 Å². The van der Waals surface area contributed by atoms with Crippen molar-refractivity contribution in [3.8, 4) is 5.75 Å². The highest BCUT2D eigenvalue weighted by atomic mass is 127. The Hall–Kier alpha value is -1.05. The molecule has 70 valence electrons. The molecule has 0 fully saturated rings. The zero-order valence-electron chi connectivity index (χ0n) is 6.54. The molecule has 0 aliphatic rings. The molecule has 1 rings (SSSR count). The number of methoxy groups -OCH3 is 1. The van der Waals surface area contributed by atoms with Crippen LogP contribution >= 0.6 is 22.6 Å². The topological polar surface area (TPSA) is 76.7 Å². The van der Waals surface area contributed by atoms with Gasteiger partial charge in [0.1, 0.15) is 0 Å². The summed E-state index contributed by atoms with van der Waals surface area (Å²) >= 11 is 1.71. The van der Waals surface area contributed by atoms with Gasteiger partial charge < -0.3 is 14.3 Å². The molecular weight excluding hydrogens is 291 g/mol. The van der Waals surface area contributed by atoms with Crippen molar-refractivity contribution in [1.82, 2.24) is 0 Å². The summed E-state index contributed by atoms with van der Waals surface area (Å²) in [6.07, 6.45) is 0. The van der Waals surface area contributed by atoms with Crippen molar-refractivity contribution < 1.29 is 19.1 Å². The lowest BCUT2D eigenvalue weighted by Crippen LogP contribution is -2.08. The summed E-state index contributed by atoms with van der Waals surface area (Å²) in [6, 6.07) is 1.23. The predicted octanol–water partition coefficient (Wildman–Crippen LogP) is 0.737. The maximum atomic E-state index is 10.9. The Morgan fingerprint density at radius 1 is 1.69 bits per heavy atom. The summed E-state index contributed by atoms with van der Waals surface area (Å²) < 4.78 is 9.03. The van der Waals surface area contributed by atoms with Crippen molar-refractivity contribution in [2.75, 3.05) is 7.11 Å². The van der Waals surface area contributed by atoms with Crippen LogP contribution in [-0.2, 0) is 4.74 Å². The largest absolute Gasteiger partial charge is 0.501 e. The number of esters is 1. The maximum Gasteiger partial charge on any atom is 0.380 e. The predicted molar refractivity (Wildman–Crippen MR) is 50.7 cm³/mol. The lowest BCUT2D eigenvalue weighted by atomic mass is 10.4. The highest BCUT2D eigenvalue weighted by molar-refractivity contribution is 14.1. The molecule has 0 atom stereocenters. The van der Waals surface area contributed by atoms with E-state index in [0.717, 1.165) is 0 Å². The van der Waals surface area contributed by atoms with Gasteiger partial charge in [-0.15, -0.1) is 0 Å². The van der Waals surface area contributed by atoms with Gasteiger partial charge in [-0.2, -0.15) is 0 Å². The van der Waals surface area contributed by atoms with Gasteiger partial charge in [-0.1, -0.05) is 0 Å². The van der Waals surface area contributed by atoms with E-state index in [-0.39, 0.29) is 9.33 Å². The molecule has 6 heteroatoms. The normalized spacial score (nSPS) is 9.69. The minimum absolute atomic E-state index is 0.227. The number of rotatable bonds is 1. The Morgan fingerprint density at radius 2 is 2.31 bits per heavy atom. The SMILES string of the molecule is COC(=O)c1cc(I)c(O)c(=O)o1. The summed E-state index contributed by atoms with van der Waals surface area (Å²) in [5, 5.41) is 9.02. The summed E-state index contributed by atoms with van der Waals surface area (Å²) in [5.74, 6) is -1.49. The van der Waals surface area contributed by atoms with Gasteiger partial charge in [0.15, 0.2) is 0 Å². The molecule has 1 heterocycles. The highest BCUT2D eigenvalue weighted by Gasteiger charge is 2.14. The van der Waals surface area contributed by atoms with Gasteiger partial charge in [-0.3, -0.25) is 0 Å². The van der Waals surface area contributed by atoms with Crippen molar-refractivity contribution >= 4 is 28.6 Å². The second kappa shape index (κ2) is 3.77. The molecule has 0 amide bonds. The first kappa shape index (κ1) is 10.0. The van der Waals surface area contributed by atoms with Crippen LogP contribution in [0.1, 0.15) is 10.6 Å². The molecule has 0 bridgehead atoms. The summed E-state index contributed by atoms with van der Waals surface area (Å²) in [5.41, 5.74) is -0.952. The quantitative estimate of drug-likeness (QED) is 0.611. The number of aromatic hydroxyl groups is 1. The van der Waals surface area contributed by atoms with E-state index in [1.165, 1.54) is 13.2 Å².